The number of aromatic nitrogens is 4. The Hall–Kier alpha value is -7.56. The molecule has 0 bridgehead atoms. The molecular formula is C52H34N4. The molecule has 0 saturated carbocycles. The van der Waals surface area contributed by atoms with Crippen LogP contribution in [0.2, 0.25) is 0 Å². The molecule has 0 radical (unpaired) electrons. The summed E-state index contributed by atoms with van der Waals surface area (Å²) >= 11 is 0. The summed E-state index contributed by atoms with van der Waals surface area (Å²) in [5.74, 6) is 0.689. The minimum absolute atomic E-state index is 0.689. The number of hydrogen-bond acceptors (Lipinski definition) is 2. The van der Waals surface area contributed by atoms with E-state index in [-0.39, 0.29) is 0 Å². The normalized spacial score (nSPS) is 11.6. The van der Waals surface area contributed by atoms with Crippen LogP contribution in [-0.4, -0.2) is 19.1 Å². The van der Waals surface area contributed by atoms with Crippen LogP contribution in [0.5, 0.6) is 0 Å². The van der Waals surface area contributed by atoms with E-state index in [9.17, 15) is 0 Å². The zero-order valence-corrected chi connectivity index (χ0v) is 30.4. The summed E-state index contributed by atoms with van der Waals surface area (Å²) in [7, 11) is 0. The standard InChI is InChI=1S/C52H34N4/c1-4-16-35(17-5-1)50-49-44-27-11-13-29-47(44)56(42-24-8-3-9-25-42)52(49)54-51(53-50)40-21-15-20-38(33-40)36-18-14-19-37(32-36)39-30-31-48-45(34-39)43-26-10-12-28-46(43)55(48)41-22-6-2-7-23-41/h1-34H. The van der Waals surface area contributed by atoms with Crippen molar-refractivity contribution in [1.29, 1.82) is 0 Å². The summed E-state index contributed by atoms with van der Waals surface area (Å²) in [5.41, 5.74) is 14.2. The van der Waals surface area contributed by atoms with Crippen LogP contribution >= 0.6 is 0 Å². The quantitative estimate of drug-likeness (QED) is 0.172. The van der Waals surface area contributed by atoms with E-state index in [4.69, 9.17) is 9.97 Å². The molecule has 0 spiro atoms. The summed E-state index contributed by atoms with van der Waals surface area (Å²) in [5, 5.41) is 4.66. The number of nitrogens with zero attached hydrogens (tertiary/aromatic N) is 4. The van der Waals surface area contributed by atoms with Crippen LogP contribution < -0.4 is 0 Å². The second-order valence-electron chi connectivity index (χ2n) is 14.2. The van der Waals surface area contributed by atoms with Crippen molar-refractivity contribution < 1.29 is 0 Å². The molecule has 0 unspecified atom stereocenters. The number of rotatable bonds is 6. The fourth-order valence-corrected chi connectivity index (χ4v) is 8.35. The van der Waals surface area contributed by atoms with Gasteiger partial charge in [0.15, 0.2) is 5.82 Å². The van der Waals surface area contributed by atoms with E-state index >= 15 is 0 Å². The predicted molar refractivity (Wildman–Crippen MR) is 232 cm³/mol. The third kappa shape index (κ3) is 5.23. The Morgan fingerprint density at radius 1 is 0.304 bits per heavy atom. The van der Waals surface area contributed by atoms with Crippen LogP contribution in [0.25, 0.3) is 100 Å². The van der Waals surface area contributed by atoms with Crippen molar-refractivity contribution in [3.05, 3.63) is 206 Å². The van der Waals surface area contributed by atoms with Gasteiger partial charge in [-0.1, -0.05) is 146 Å². The highest BCUT2D eigenvalue weighted by molar-refractivity contribution is 6.14. The maximum Gasteiger partial charge on any atom is 0.162 e. The first-order chi connectivity index (χ1) is 27.8. The predicted octanol–water partition coefficient (Wildman–Crippen LogP) is 13.3. The van der Waals surface area contributed by atoms with Gasteiger partial charge in [-0.15, -0.1) is 0 Å². The Labute approximate surface area is 324 Å². The SMILES string of the molecule is c1ccc(-c2nc(-c3cccc(-c4cccc(-c5ccc6c(c5)c5ccccc5n6-c5ccccc5)c4)c3)nc3c2c2ccccc2n3-c2ccccc2)cc1. The van der Waals surface area contributed by atoms with Gasteiger partial charge >= 0.3 is 0 Å². The van der Waals surface area contributed by atoms with E-state index in [0.717, 1.165) is 61.3 Å². The molecule has 11 aromatic rings. The highest BCUT2D eigenvalue weighted by Crippen LogP contribution is 2.39. The summed E-state index contributed by atoms with van der Waals surface area (Å²) in [4.78, 5) is 10.7. The van der Waals surface area contributed by atoms with E-state index in [1.54, 1.807) is 0 Å². The largest absolute Gasteiger partial charge is 0.309 e. The van der Waals surface area contributed by atoms with Crippen LogP contribution in [0.1, 0.15) is 0 Å². The first-order valence-electron chi connectivity index (χ1n) is 19.0. The summed E-state index contributed by atoms with van der Waals surface area (Å²) in [6.45, 7) is 0. The fourth-order valence-electron chi connectivity index (χ4n) is 8.35. The van der Waals surface area contributed by atoms with Crippen molar-refractivity contribution in [2.75, 3.05) is 0 Å². The first-order valence-corrected chi connectivity index (χ1v) is 19.0. The van der Waals surface area contributed by atoms with Crippen molar-refractivity contribution in [2.45, 2.75) is 0 Å². The molecule has 0 atom stereocenters. The Bertz CT molecular complexity index is 3230. The van der Waals surface area contributed by atoms with Crippen molar-refractivity contribution in [3.63, 3.8) is 0 Å². The van der Waals surface area contributed by atoms with Crippen molar-refractivity contribution in [2.24, 2.45) is 0 Å². The molecule has 262 valence electrons. The molecule has 56 heavy (non-hydrogen) atoms. The molecular weight excluding hydrogens is 681 g/mol. The van der Waals surface area contributed by atoms with Crippen LogP contribution in [0.3, 0.4) is 0 Å². The monoisotopic (exact) mass is 714 g/mol. The first kappa shape index (κ1) is 31.9. The van der Waals surface area contributed by atoms with Gasteiger partial charge in [0.25, 0.3) is 0 Å². The van der Waals surface area contributed by atoms with Crippen LogP contribution in [0, 0.1) is 0 Å². The highest BCUT2D eigenvalue weighted by atomic mass is 15.1. The van der Waals surface area contributed by atoms with Gasteiger partial charge in [-0.3, -0.25) is 4.57 Å². The van der Waals surface area contributed by atoms with E-state index in [0.29, 0.717) is 5.82 Å². The molecule has 0 fully saturated rings. The second-order valence-corrected chi connectivity index (χ2v) is 14.2. The number of fused-ring (bicyclic) bond motifs is 6. The lowest BCUT2D eigenvalue weighted by atomic mass is 9.97. The van der Waals surface area contributed by atoms with Gasteiger partial charge in [-0.25, -0.2) is 9.97 Å². The smallest absolute Gasteiger partial charge is 0.162 e. The molecule has 4 nitrogen and oxygen atoms in total. The molecule has 0 aliphatic rings. The van der Waals surface area contributed by atoms with Gasteiger partial charge in [0.2, 0.25) is 0 Å². The topological polar surface area (TPSA) is 35.6 Å². The minimum atomic E-state index is 0.689. The van der Waals surface area contributed by atoms with Gasteiger partial charge in [-0.05, 0) is 82.9 Å². The Morgan fingerprint density at radius 2 is 0.786 bits per heavy atom. The lowest BCUT2D eigenvalue weighted by molar-refractivity contribution is 1.11. The van der Waals surface area contributed by atoms with Crippen LogP contribution in [0.15, 0.2) is 206 Å². The average molecular weight is 715 g/mol. The minimum Gasteiger partial charge on any atom is -0.309 e. The van der Waals surface area contributed by atoms with E-state index in [1.165, 1.54) is 32.9 Å². The molecule has 3 aromatic heterocycles. The van der Waals surface area contributed by atoms with Crippen molar-refractivity contribution >= 4 is 43.7 Å². The molecule has 0 N–H and O–H groups in total. The van der Waals surface area contributed by atoms with Crippen LogP contribution in [0.4, 0.5) is 0 Å². The summed E-state index contributed by atoms with van der Waals surface area (Å²) in [6.07, 6.45) is 0. The van der Waals surface area contributed by atoms with Crippen molar-refractivity contribution in [1.82, 2.24) is 19.1 Å². The zero-order chi connectivity index (χ0) is 37.0. The third-order valence-corrected chi connectivity index (χ3v) is 10.9. The van der Waals surface area contributed by atoms with Gasteiger partial charge in [-0.2, -0.15) is 0 Å². The van der Waals surface area contributed by atoms with Gasteiger partial charge < -0.3 is 4.57 Å². The lowest BCUT2D eigenvalue weighted by Gasteiger charge is -2.12. The molecule has 4 heteroatoms. The Balaban J connectivity index is 1.05. The zero-order valence-electron chi connectivity index (χ0n) is 30.4. The van der Waals surface area contributed by atoms with E-state index < -0.39 is 0 Å². The number of benzene rings is 8. The van der Waals surface area contributed by atoms with Gasteiger partial charge in [0.1, 0.15) is 5.65 Å². The summed E-state index contributed by atoms with van der Waals surface area (Å²) in [6, 6.07) is 73.1. The number of para-hydroxylation sites is 4. The molecule has 11 rings (SSSR count). The van der Waals surface area contributed by atoms with Crippen molar-refractivity contribution in [3.8, 4) is 56.3 Å². The molecule has 8 aromatic carbocycles. The maximum atomic E-state index is 5.37. The Morgan fingerprint density at radius 3 is 1.46 bits per heavy atom. The lowest BCUT2D eigenvalue weighted by Crippen LogP contribution is -1.99. The average Bonchev–Trinajstić information content (AvgIpc) is 3.80. The van der Waals surface area contributed by atoms with E-state index in [2.05, 4.69) is 215 Å². The number of hydrogen-bond donors (Lipinski definition) is 0. The second kappa shape index (κ2) is 13.1. The molecule has 0 saturated heterocycles. The fraction of sp³-hybridized carbons (Fsp3) is 0. The van der Waals surface area contributed by atoms with Gasteiger partial charge in [0, 0.05) is 38.7 Å². The van der Waals surface area contributed by atoms with Crippen LogP contribution in [-0.2, 0) is 0 Å². The maximum absolute atomic E-state index is 5.37. The molecule has 0 aliphatic carbocycles. The Kier molecular flexibility index (Phi) is 7.46. The highest BCUT2D eigenvalue weighted by Gasteiger charge is 2.21. The molecule has 0 aliphatic heterocycles. The molecule has 3 heterocycles. The van der Waals surface area contributed by atoms with Gasteiger partial charge in [0.05, 0.1) is 27.6 Å². The third-order valence-electron chi connectivity index (χ3n) is 10.9. The molecule has 0 amide bonds. The van der Waals surface area contributed by atoms with E-state index in [1.807, 2.05) is 0 Å². The summed E-state index contributed by atoms with van der Waals surface area (Å²) < 4.78 is 4.63.